The van der Waals surface area contributed by atoms with Gasteiger partial charge in [0, 0.05) is 30.7 Å². The predicted octanol–water partition coefficient (Wildman–Crippen LogP) is 2.73. The summed E-state index contributed by atoms with van der Waals surface area (Å²) in [6, 6.07) is 5.95. The number of hydrogen-bond donors (Lipinski definition) is 2. The van der Waals surface area contributed by atoms with Crippen LogP contribution in [-0.4, -0.2) is 26.3 Å². The Morgan fingerprint density at radius 3 is 2.76 bits per heavy atom. The molecule has 0 aliphatic carbocycles. The summed E-state index contributed by atoms with van der Waals surface area (Å²) in [5, 5.41) is 4.07. The molecule has 3 N–H and O–H groups in total. The van der Waals surface area contributed by atoms with Gasteiger partial charge in [0.1, 0.15) is 0 Å². The zero-order valence-electron chi connectivity index (χ0n) is 10.0. The highest BCUT2D eigenvalue weighted by molar-refractivity contribution is 9.10. The van der Waals surface area contributed by atoms with Crippen LogP contribution in [-0.2, 0) is 4.74 Å². The van der Waals surface area contributed by atoms with Crippen molar-refractivity contribution in [3.8, 4) is 0 Å². The van der Waals surface area contributed by atoms with E-state index in [1.165, 1.54) is 0 Å². The molecule has 0 amide bonds. The second kappa shape index (κ2) is 7.34. The SMILES string of the molecule is COC(C)CNC(CN)c1ccc(Cl)c(Br)c1. The van der Waals surface area contributed by atoms with Crippen LogP contribution in [0.1, 0.15) is 18.5 Å². The summed E-state index contributed by atoms with van der Waals surface area (Å²) < 4.78 is 6.08. The number of halogens is 2. The second-order valence-corrected chi connectivity index (χ2v) is 5.18. The van der Waals surface area contributed by atoms with Gasteiger partial charge in [-0.05, 0) is 40.5 Å². The molecule has 0 aromatic heterocycles. The third-order valence-corrected chi connectivity index (χ3v) is 3.85. The average Bonchev–Trinajstić information content (AvgIpc) is 2.33. The normalized spacial score (nSPS) is 14.6. The molecule has 1 aromatic rings. The Bertz CT molecular complexity index is 362. The van der Waals surface area contributed by atoms with Crippen molar-refractivity contribution in [3.63, 3.8) is 0 Å². The van der Waals surface area contributed by atoms with E-state index in [4.69, 9.17) is 22.1 Å². The van der Waals surface area contributed by atoms with Crippen LogP contribution in [0.4, 0.5) is 0 Å². The molecule has 0 saturated carbocycles. The molecule has 0 fully saturated rings. The minimum Gasteiger partial charge on any atom is -0.380 e. The lowest BCUT2D eigenvalue weighted by molar-refractivity contribution is 0.114. The van der Waals surface area contributed by atoms with Crippen molar-refractivity contribution >= 4 is 27.5 Å². The number of nitrogens with one attached hydrogen (secondary N) is 1. The molecule has 1 rings (SSSR count). The Labute approximate surface area is 116 Å². The molecule has 5 heteroatoms. The van der Waals surface area contributed by atoms with E-state index in [-0.39, 0.29) is 12.1 Å². The number of benzene rings is 1. The fourth-order valence-corrected chi connectivity index (χ4v) is 1.97. The third kappa shape index (κ3) is 4.56. The van der Waals surface area contributed by atoms with Crippen LogP contribution in [0.15, 0.2) is 22.7 Å². The maximum absolute atomic E-state index is 5.96. The predicted molar refractivity (Wildman–Crippen MR) is 75.4 cm³/mol. The summed E-state index contributed by atoms with van der Waals surface area (Å²) in [4.78, 5) is 0. The van der Waals surface area contributed by atoms with Gasteiger partial charge in [-0.25, -0.2) is 0 Å². The van der Waals surface area contributed by atoms with Gasteiger partial charge in [0.15, 0.2) is 0 Å². The van der Waals surface area contributed by atoms with Gasteiger partial charge < -0.3 is 15.8 Å². The van der Waals surface area contributed by atoms with E-state index in [2.05, 4.69) is 21.2 Å². The molecule has 0 radical (unpaired) electrons. The molecule has 0 spiro atoms. The molecule has 96 valence electrons. The molecule has 2 atom stereocenters. The summed E-state index contributed by atoms with van der Waals surface area (Å²) in [5.74, 6) is 0. The summed E-state index contributed by atoms with van der Waals surface area (Å²) in [6.45, 7) is 3.31. The molecular formula is C12H18BrClN2O. The first-order chi connectivity index (χ1) is 8.08. The quantitative estimate of drug-likeness (QED) is 0.847. The zero-order chi connectivity index (χ0) is 12.8. The maximum atomic E-state index is 5.96. The average molecular weight is 322 g/mol. The first kappa shape index (κ1) is 14.9. The monoisotopic (exact) mass is 320 g/mol. The molecule has 0 heterocycles. The number of hydrogen-bond acceptors (Lipinski definition) is 3. The Hall–Kier alpha value is -0.130. The fourth-order valence-electron chi connectivity index (χ4n) is 1.46. The highest BCUT2D eigenvalue weighted by Crippen LogP contribution is 2.25. The number of rotatable bonds is 6. The summed E-state index contributed by atoms with van der Waals surface area (Å²) in [6.07, 6.45) is 0.166. The lowest BCUT2D eigenvalue weighted by Gasteiger charge is -2.20. The molecule has 0 aliphatic heterocycles. The molecule has 0 bridgehead atoms. The highest BCUT2D eigenvalue weighted by Gasteiger charge is 2.11. The van der Waals surface area contributed by atoms with E-state index < -0.39 is 0 Å². The maximum Gasteiger partial charge on any atom is 0.0667 e. The minimum atomic E-state index is 0.112. The first-order valence-electron chi connectivity index (χ1n) is 5.49. The second-order valence-electron chi connectivity index (χ2n) is 3.92. The highest BCUT2D eigenvalue weighted by atomic mass is 79.9. The van der Waals surface area contributed by atoms with Crippen LogP contribution in [0.2, 0.25) is 5.02 Å². The molecule has 0 aliphatic rings. The van der Waals surface area contributed by atoms with Gasteiger partial charge in [-0.1, -0.05) is 17.7 Å². The van der Waals surface area contributed by atoms with Gasteiger partial charge in [-0.15, -0.1) is 0 Å². The fraction of sp³-hybridized carbons (Fsp3) is 0.500. The van der Waals surface area contributed by atoms with E-state index in [1.54, 1.807) is 7.11 Å². The van der Waals surface area contributed by atoms with Gasteiger partial charge in [-0.3, -0.25) is 0 Å². The smallest absolute Gasteiger partial charge is 0.0667 e. The van der Waals surface area contributed by atoms with Crippen molar-refractivity contribution in [3.05, 3.63) is 33.3 Å². The first-order valence-corrected chi connectivity index (χ1v) is 6.66. The largest absolute Gasteiger partial charge is 0.380 e. The Balaban J connectivity index is 2.69. The van der Waals surface area contributed by atoms with Crippen LogP contribution >= 0.6 is 27.5 Å². The van der Waals surface area contributed by atoms with Crippen molar-refractivity contribution in [2.45, 2.75) is 19.1 Å². The van der Waals surface area contributed by atoms with Crippen LogP contribution < -0.4 is 11.1 Å². The lowest BCUT2D eigenvalue weighted by atomic mass is 10.1. The molecule has 2 unspecified atom stereocenters. The zero-order valence-corrected chi connectivity index (χ0v) is 12.4. The lowest BCUT2D eigenvalue weighted by Crippen LogP contribution is -2.33. The van der Waals surface area contributed by atoms with Crippen LogP contribution in [0.5, 0.6) is 0 Å². The van der Waals surface area contributed by atoms with Crippen LogP contribution in [0.3, 0.4) is 0 Å². The van der Waals surface area contributed by atoms with Crippen LogP contribution in [0.25, 0.3) is 0 Å². The molecular weight excluding hydrogens is 304 g/mol. The van der Waals surface area contributed by atoms with Gasteiger partial charge in [0.2, 0.25) is 0 Å². The van der Waals surface area contributed by atoms with Crippen molar-refractivity contribution in [2.75, 3.05) is 20.2 Å². The number of ether oxygens (including phenoxy) is 1. The Morgan fingerprint density at radius 2 is 2.24 bits per heavy atom. The number of nitrogens with two attached hydrogens (primary N) is 1. The number of methoxy groups -OCH3 is 1. The van der Waals surface area contributed by atoms with Gasteiger partial charge in [-0.2, -0.15) is 0 Å². The van der Waals surface area contributed by atoms with E-state index in [9.17, 15) is 0 Å². The summed E-state index contributed by atoms with van der Waals surface area (Å²) >= 11 is 9.37. The van der Waals surface area contributed by atoms with Crippen LogP contribution in [0, 0.1) is 0 Å². The Morgan fingerprint density at radius 1 is 1.53 bits per heavy atom. The minimum absolute atomic E-state index is 0.112. The molecule has 17 heavy (non-hydrogen) atoms. The molecule has 1 aromatic carbocycles. The van der Waals surface area contributed by atoms with Gasteiger partial charge >= 0.3 is 0 Å². The van der Waals surface area contributed by atoms with Crippen molar-refractivity contribution < 1.29 is 4.74 Å². The summed E-state index contributed by atoms with van der Waals surface area (Å²) in [5.41, 5.74) is 6.89. The van der Waals surface area contributed by atoms with Gasteiger partial charge in [0.25, 0.3) is 0 Å². The van der Waals surface area contributed by atoms with Crippen molar-refractivity contribution in [1.82, 2.24) is 5.32 Å². The van der Waals surface area contributed by atoms with Crippen molar-refractivity contribution in [1.29, 1.82) is 0 Å². The standard InChI is InChI=1S/C12H18BrClN2O/c1-8(17-2)7-16-12(6-15)9-3-4-11(14)10(13)5-9/h3-5,8,12,16H,6-7,15H2,1-2H3. The van der Waals surface area contributed by atoms with Gasteiger partial charge in [0.05, 0.1) is 11.1 Å². The van der Waals surface area contributed by atoms with E-state index in [0.29, 0.717) is 11.6 Å². The Kier molecular flexibility index (Phi) is 6.44. The van der Waals surface area contributed by atoms with E-state index >= 15 is 0 Å². The van der Waals surface area contributed by atoms with E-state index in [1.807, 2.05) is 25.1 Å². The summed E-state index contributed by atoms with van der Waals surface area (Å²) in [7, 11) is 1.70. The van der Waals surface area contributed by atoms with Crippen molar-refractivity contribution in [2.24, 2.45) is 5.73 Å². The third-order valence-electron chi connectivity index (χ3n) is 2.64. The molecule has 0 saturated heterocycles. The topological polar surface area (TPSA) is 47.3 Å². The van der Waals surface area contributed by atoms with E-state index in [0.717, 1.165) is 16.6 Å². The molecule has 3 nitrogen and oxygen atoms in total.